The number of benzene rings is 1. The van der Waals surface area contributed by atoms with Gasteiger partial charge in [-0.15, -0.1) is 12.4 Å². The topological polar surface area (TPSA) is 75.7 Å². The van der Waals surface area contributed by atoms with Crippen LogP contribution in [0.5, 0.6) is 11.5 Å². The number of hydrogen-bond acceptors (Lipinski definition) is 4. The van der Waals surface area contributed by atoms with Crippen molar-refractivity contribution in [2.45, 2.75) is 12.5 Å². The number of aromatic hydroxyl groups is 1. The van der Waals surface area contributed by atoms with Gasteiger partial charge in [-0.05, 0) is 12.5 Å². The van der Waals surface area contributed by atoms with Crippen LogP contribution in [0.15, 0.2) is 18.2 Å². The minimum Gasteiger partial charge on any atom is -0.504 e. The van der Waals surface area contributed by atoms with Gasteiger partial charge in [0, 0.05) is 18.2 Å². The molecule has 0 fully saturated rings. The van der Waals surface area contributed by atoms with Crippen molar-refractivity contribution in [1.29, 1.82) is 0 Å². The van der Waals surface area contributed by atoms with Crippen molar-refractivity contribution in [2.24, 2.45) is 5.73 Å². The summed E-state index contributed by atoms with van der Waals surface area (Å²) in [5.41, 5.74) is 6.35. The molecule has 0 saturated carbocycles. The summed E-state index contributed by atoms with van der Waals surface area (Å²) in [7, 11) is 1.48. The van der Waals surface area contributed by atoms with E-state index in [9.17, 15) is 5.11 Å². The number of methoxy groups -OCH3 is 1. The number of aliphatic hydroxyl groups excluding tert-OH is 1. The molecule has 0 aliphatic rings. The zero-order chi connectivity index (χ0) is 10.6. The monoisotopic (exact) mass is 233 g/mol. The molecular formula is C10H16ClNO3. The highest BCUT2D eigenvalue weighted by Gasteiger charge is 2.13. The minimum atomic E-state index is -0.366. The Morgan fingerprint density at radius 1 is 1.47 bits per heavy atom. The number of aliphatic hydroxyl groups is 1. The summed E-state index contributed by atoms with van der Waals surface area (Å²) in [5.74, 6) is 0.451. The Labute approximate surface area is 95.1 Å². The molecule has 4 N–H and O–H groups in total. The van der Waals surface area contributed by atoms with Crippen molar-refractivity contribution >= 4 is 12.4 Å². The Bertz CT molecular complexity index is 307. The molecule has 0 amide bonds. The first-order chi connectivity index (χ1) is 6.70. The summed E-state index contributed by atoms with van der Waals surface area (Å²) < 4.78 is 4.95. The van der Waals surface area contributed by atoms with E-state index < -0.39 is 0 Å². The molecule has 1 atom stereocenters. The number of para-hydroxylation sites is 1. The average molecular weight is 234 g/mol. The Hall–Kier alpha value is -0.970. The summed E-state index contributed by atoms with van der Waals surface area (Å²) in [4.78, 5) is 0. The van der Waals surface area contributed by atoms with Gasteiger partial charge in [0.25, 0.3) is 0 Å². The summed E-state index contributed by atoms with van der Waals surface area (Å²) in [5, 5.41) is 18.4. The van der Waals surface area contributed by atoms with E-state index >= 15 is 0 Å². The predicted molar refractivity (Wildman–Crippen MR) is 60.5 cm³/mol. The van der Waals surface area contributed by atoms with Gasteiger partial charge in [0.2, 0.25) is 0 Å². The van der Waals surface area contributed by atoms with Crippen LogP contribution in [-0.2, 0) is 0 Å². The van der Waals surface area contributed by atoms with Crippen LogP contribution < -0.4 is 10.5 Å². The van der Waals surface area contributed by atoms with E-state index in [1.165, 1.54) is 7.11 Å². The van der Waals surface area contributed by atoms with Gasteiger partial charge in [-0.2, -0.15) is 0 Å². The summed E-state index contributed by atoms with van der Waals surface area (Å²) in [6.07, 6.45) is 0.417. The third-order valence-electron chi connectivity index (χ3n) is 2.09. The lowest BCUT2D eigenvalue weighted by molar-refractivity contribution is 0.275. The van der Waals surface area contributed by atoms with E-state index in [1.54, 1.807) is 18.2 Å². The molecule has 0 aromatic heterocycles. The molecule has 86 valence electrons. The standard InChI is InChI=1S/C10H15NO3.ClH/c1-14-9-4-2-3-7(10(9)13)8(11)5-6-12;/h2-4,8,12-13H,5-6,11H2,1H3;1H/t8-;/m1./s1. The molecule has 5 heteroatoms. The third-order valence-corrected chi connectivity index (χ3v) is 2.09. The van der Waals surface area contributed by atoms with Gasteiger partial charge in [-0.3, -0.25) is 0 Å². The van der Waals surface area contributed by atoms with E-state index in [1.807, 2.05) is 0 Å². The molecule has 15 heavy (non-hydrogen) atoms. The average Bonchev–Trinajstić information content (AvgIpc) is 2.18. The molecule has 1 aromatic carbocycles. The maximum Gasteiger partial charge on any atom is 0.162 e. The molecule has 1 aromatic rings. The largest absolute Gasteiger partial charge is 0.504 e. The molecule has 1 rings (SSSR count). The van der Waals surface area contributed by atoms with Crippen LogP contribution in [0, 0.1) is 0 Å². The lowest BCUT2D eigenvalue weighted by Gasteiger charge is -2.14. The number of nitrogens with two attached hydrogens (primary N) is 1. The molecular weight excluding hydrogens is 218 g/mol. The lowest BCUT2D eigenvalue weighted by atomic mass is 10.0. The van der Waals surface area contributed by atoms with E-state index in [0.29, 0.717) is 17.7 Å². The van der Waals surface area contributed by atoms with Gasteiger partial charge in [0.05, 0.1) is 7.11 Å². The van der Waals surface area contributed by atoms with E-state index in [4.69, 9.17) is 15.6 Å². The molecule has 0 aliphatic carbocycles. The number of hydrogen-bond donors (Lipinski definition) is 3. The molecule has 0 bridgehead atoms. The van der Waals surface area contributed by atoms with Crippen LogP contribution in [0.4, 0.5) is 0 Å². The van der Waals surface area contributed by atoms with Gasteiger partial charge < -0.3 is 20.7 Å². The second-order valence-corrected chi connectivity index (χ2v) is 3.02. The zero-order valence-corrected chi connectivity index (χ0v) is 9.33. The third kappa shape index (κ3) is 3.27. The smallest absolute Gasteiger partial charge is 0.162 e. The van der Waals surface area contributed by atoms with Crippen molar-refractivity contribution in [3.8, 4) is 11.5 Å². The van der Waals surface area contributed by atoms with Crippen molar-refractivity contribution in [2.75, 3.05) is 13.7 Å². The van der Waals surface area contributed by atoms with Crippen LogP contribution in [0.3, 0.4) is 0 Å². The van der Waals surface area contributed by atoms with Crippen molar-refractivity contribution in [3.63, 3.8) is 0 Å². The predicted octanol–water partition coefficient (Wildman–Crippen LogP) is 1.20. The van der Waals surface area contributed by atoms with Gasteiger partial charge in [-0.1, -0.05) is 12.1 Å². The fourth-order valence-electron chi connectivity index (χ4n) is 1.30. The first-order valence-corrected chi connectivity index (χ1v) is 4.43. The molecule has 0 aliphatic heterocycles. The highest BCUT2D eigenvalue weighted by molar-refractivity contribution is 5.85. The Balaban J connectivity index is 0.00000196. The van der Waals surface area contributed by atoms with Crippen LogP contribution >= 0.6 is 12.4 Å². The highest BCUT2D eigenvalue weighted by Crippen LogP contribution is 2.33. The SMILES string of the molecule is COc1cccc([C@H](N)CCO)c1O.Cl. The molecule has 0 spiro atoms. The second-order valence-electron chi connectivity index (χ2n) is 3.02. The number of phenols is 1. The van der Waals surface area contributed by atoms with Crippen LogP contribution in [0.1, 0.15) is 18.0 Å². The van der Waals surface area contributed by atoms with Gasteiger partial charge in [-0.25, -0.2) is 0 Å². The molecule has 0 unspecified atom stereocenters. The minimum absolute atomic E-state index is 0. The summed E-state index contributed by atoms with van der Waals surface area (Å²) in [6, 6.07) is 4.77. The number of phenolic OH excluding ortho intramolecular Hbond substituents is 1. The fourth-order valence-corrected chi connectivity index (χ4v) is 1.30. The van der Waals surface area contributed by atoms with Crippen LogP contribution in [0.25, 0.3) is 0 Å². The zero-order valence-electron chi connectivity index (χ0n) is 8.51. The maximum absolute atomic E-state index is 9.70. The van der Waals surface area contributed by atoms with Crippen LogP contribution in [-0.4, -0.2) is 23.9 Å². The Morgan fingerprint density at radius 2 is 2.13 bits per heavy atom. The molecule has 0 heterocycles. The van der Waals surface area contributed by atoms with E-state index in [-0.39, 0.29) is 30.8 Å². The first-order valence-electron chi connectivity index (χ1n) is 4.43. The quantitative estimate of drug-likeness (QED) is 0.731. The highest BCUT2D eigenvalue weighted by atomic mass is 35.5. The summed E-state index contributed by atoms with van der Waals surface area (Å²) in [6.45, 7) is -0.00217. The Morgan fingerprint density at radius 3 is 2.67 bits per heavy atom. The van der Waals surface area contributed by atoms with Crippen molar-refractivity contribution in [1.82, 2.24) is 0 Å². The second kappa shape index (κ2) is 6.50. The van der Waals surface area contributed by atoms with Crippen LogP contribution in [0.2, 0.25) is 0 Å². The maximum atomic E-state index is 9.70. The van der Waals surface area contributed by atoms with E-state index in [2.05, 4.69) is 0 Å². The first kappa shape index (κ1) is 14.0. The van der Waals surface area contributed by atoms with Crippen molar-refractivity contribution < 1.29 is 14.9 Å². The number of rotatable bonds is 4. The number of ether oxygens (including phenoxy) is 1. The van der Waals surface area contributed by atoms with Gasteiger partial charge in [0.1, 0.15) is 0 Å². The summed E-state index contributed by atoms with van der Waals surface area (Å²) >= 11 is 0. The fraction of sp³-hybridized carbons (Fsp3) is 0.400. The van der Waals surface area contributed by atoms with Gasteiger partial charge >= 0.3 is 0 Å². The number of halogens is 1. The molecule has 0 radical (unpaired) electrons. The normalized spacial score (nSPS) is 11.7. The molecule has 4 nitrogen and oxygen atoms in total. The van der Waals surface area contributed by atoms with Gasteiger partial charge in [0.15, 0.2) is 11.5 Å². The van der Waals surface area contributed by atoms with Crippen molar-refractivity contribution in [3.05, 3.63) is 23.8 Å². The lowest BCUT2D eigenvalue weighted by Crippen LogP contribution is -2.12. The Kier molecular flexibility index (Phi) is 6.08. The van der Waals surface area contributed by atoms with E-state index in [0.717, 1.165) is 0 Å². The molecule has 0 saturated heterocycles.